The molecule has 0 radical (unpaired) electrons. The van der Waals surface area contributed by atoms with Crippen molar-refractivity contribution in [2.24, 2.45) is 4.99 Å². The van der Waals surface area contributed by atoms with Gasteiger partial charge in [-0.25, -0.2) is 9.79 Å². The molecular weight excluding hydrogens is 464 g/mol. The fourth-order valence-corrected chi connectivity index (χ4v) is 5.06. The molecule has 1 aliphatic rings. The Kier molecular flexibility index (Phi) is 7.51. The van der Waals surface area contributed by atoms with Gasteiger partial charge in [0.05, 0.1) is 36.1 Å². The first-order chi connectivity index (χ1) is 17.0. The average molecular weight is 493 g/mol. The molecule has 35 heavy (non-hydrogen) atoms. The summed E-state index contributed by atoms with van der Waals surface area (Å²) in [5.74, 6) is 0.865. The topological polar surface area (TPSA) is 79.1 Å². The van der Waals surface area contributed by atoms with Gasteiger partial charge in [-0.05, 0) is 50.1 Å². The number of carbonyl (C=O) groups is 1. The van der Waals surface area contributed by atoms with Gasteiger partial charge in [0.25, 0.3) is 5.56 Å². The molecular formula is C27H28N2O5S. The van der Waals surface area contributed by atoms with Crippen LogP contribution in [0.5, 0.6) is 11.5 Å². The lowest BCUT2D eigenvalue weighted by atomic mass is 9.95. The number of benzene rings is 2. The molecule has 4 rings (SSSR count). The number of esters is 1. The van der Waals surface area contributed by atoms with Crippen LogP contribution in [0.2, 0.25) is 0 Å². The van der Waals surface area contributed by atoms with Crippen molar-refractivity contribution in [1.82, 2.24) is 4.57 Å². The molecule has 0 N–H and O–H groups in total. The van der Waals surface area contributed by atoms with E-state index < -0.39 is 12.0 Å². The summed E-state index contributed by atoms with van der Waals surface area (Å²) in [4.78, 5) is 31.8. The first kappa shape index (κ1) is 24.5. The maximum atomic E-state index is 13.7. The van der Waals surface area contributed by atoms with Gasteiger partial charge in [0, 0.05) is 5.56 Å². The quantitative estimate of drug-likeness (QED) is 0.449. The van der Waals surface area contributed by atoms with E-state index in [1.54, 1.807) is 25.5 Å². The van der Waals surface area contributed by atoms with Gasteiger partial charge in [0.1, 0.15) is 17.5 Å². The second-order valence-corrected chi connectivity index (χ2v) is 8.97. The van der Waals surface area contributed by atoms with Crippen LogP contribution >= 0.6 is 11.3 Å². The highest BCUT2D eigenvalue weighted by molar-refractivity contribution is 7.07. The number of para-hydroxylation sites is 1. The number of thiazole rings is 1. The lowest BCUT2D eigenvalue weighted by Gasteiger charge is -2.25. The molecule has 7 nitrogen and oxygen atoms in total. The Labute approximate surface area is 207 Å². The standard InChI is InChI=1S/C27H28N2O5S/c1-5-15-34-19-13-11-18(12-14-19)16-22-25(30)29-24(20-9-7-8-10-21(20)32-4)23(26(31)33-6-2)17(3)28-27(29)35-22/h7-14,16,24H,5-6,15H2,1-4H3/b22-16-/t24-/m0/s1. The Balaban J connectivity index is 1.87. The van der Waals surface area contributed by atoms with Gasteiger partial charge >= 0.3 is 5.97 Å². The molecule has 1 aliphatic heterocycles. The van der Waals surface area contributed by atoms with E-state index in [-0.39, 0.29) is 12.2 Å². The minimum absolute atomic E-state index is 0.219. The smallest absolute Gasteiger partial charge is 0.338 e. The first-order valence-electron chi connectivity index (χ1n) is 11.5. The fourth-order valence-electron chi connectivity index (χ4n) is 4.01. The second kappa shape index (κ2) is 10.7. The zero-order valence-electron chi connectivity index (χ0n) is 20.2. The summed E-state index contributed by atoms with van der Waals surface area (Å²) < 4.78 is 18.7. The highest BCUT2D eigenvalue weighted by Crippen LogP contribution is 2.35. The number of ether oxygens (including phenoxy) is 3. The summed E-state index contributed by atoms with van der Waals surface area (Å²) in [6.45, 7) is 6.45. The molecule has 182 valence electrons. The number of allylic oxidation sites excluding steroid dienone is 1. The summed E-state index contributed by atoms with van der Waals surface area (Å²) in [5.41, 5.74) is 2.18. The molecule has 0 amide bonds. The molecule has 0 saturated heterocycles. The van der Waals surface area contributed by atoms with Crippen LogP contribution in [0.3, 0.4) is 0 Å². The van der Waals surface area contributed by atoms with E-state index >= 15 is 0 Å². The highest BCUT2D eigenvalue weighted by Gasteiger charge is 2.34. The predicted octanol–water partition coefficient (Wildman–Crippen LogP) is 3.60. The largest absolute Gasteiger partial charge is 0.496 e. The summed E-state index contributed by atoms with van der Waals surface area (Å²) in [6, 6.07) is 14.3. The van der Waals surface area contributed by atoms with Crippen LogP contribution in [0.4, 0.5) is 0 Å². The summed E-state index contributed by atoms with van der Waals surface area (Å²) in [5, 5.41) is 0. The number of carbonyl (C=O) groups excluding carboxylic acids is 1. The van der Waals surface area contributed by atoms with Gasteiger partial charge in [-0.1, -0.05) is 48.6 Å². The number of methoxy groups -OCH3 is 1. The Hall–Kier alpha value is -3.65. The number of nitrogens with zero attached hydrogens (tertiary/aromatic N) is 2. The average Bonchev–Trinajstić information content (AvgIpc) is 3.17. The van der Waals surface area contributed by atoms with Crippen LogP contribution in [0.1, 0.15) is 44.4 Å². The van der Waals surface area contributed by atoms with Gasteiger partial charge in [0.2, 0.25) is 0 Å². The Morgan fingerprint density at radius 3 is 2.57 bits per heavy atom. The van der Waals surface area contributed by atoms with Crippen LogP contribution in [0, 0.1) is 0 Å². The normalized spacial score (nSPS) is 15.4. The Morgan fingerprint density at radius 1 is 1.14 bits per heavy atom. The highest BCUT2D eigenvalue weighted by atomic mass is 32.1. The summed E-state index contributed by atoms with van der Waals surface area (Å²) in [7, 11) is 1.57. The SMILES string of the molecule is CCCOc1ccc(/C=c2\sc3n(c2=O)[C@@H](c2ccccc2OC)C(C(=O)OCC)=C(C)N=3)cc1. The minimum Gasteiger partial charge on any atom is -0.496 e. The molecule has 1 aromatic heterocycles. The van der Waals surface area contributed by atoms with Gasteiger partial charge in [-0.2, -0.15) is 0 Å². The van der Waals surface area contributed by atoms with Crippen LogP contribution in [0.15, 0.2) is 69.6 Å². The lowest BCUT2D eigenvalue weighted by Crippen LogP contribution is -2.40. The molecule has 0 fully saturated rings. The van der Waals surface area contributed by atoms with Crippen molar-refractivity contribution in [3.8, 4) is 11.5 Å². The third kappa shape index (κ3) is 4.93. The van der Waals surface area contributed by atoms with Crippen molar-refractivity contribution in [3.05, 3.63) is 90.6 Å². The molecule has 1 atom stereocenters. The zero-order valence-corrected chi connectivity index (χ0v) is 21.1. The van der Waals surface area contributed by atoms with Gasteiger partial charge in [0.15, 0.2) is 4.80 Å². The maximum Gasteiger partial charge on any atom is 0.338 e. The number of aromatic nitrogens is 1. The van der Waals surface area contributed by atoms with Crippen molar-refractivity contribution in [2.45, 2.75) is 33.2 Å². The van der Waals surface area contributed by atoms with E-state index in [0.29, 0.717) is 38.5 Å². The molecule has 0 unspecified atom stereocenters. The lowest BCUT2D eigenvalue weighted by molar-refractivity contribution is -0.139. The van der Waals surface area contributed by atoms with Crippen molar-refractivity contribution in [1.29, 1.82) is 0 Å². The molecule has 2 aromatic carbocycles. The molecule has 0 spiro atoms. The monoisotopic (exact) mass is 492 g/mol. The number of rotatable bonds is 8. The van der Waals surface area contributed by atoms with Crippen molar-refractivity contribution >= 4 is 23.4 Å². The molecule has 0 saturated carbocycles. The summed E-state index contributed by atoms with van der Waals surface area (Å²) in [6.07, 6.45) is 2.76. The number of hydrogen-bond donors (Lipinski definition) is 0. The van der Waals surface area contributed by atoms with Crippen molar-refractivity contribution in [3.63, 3.8) is 0 Å². The van der Waals surface area contributed by atoms with Crippen LogP contribution in [-0.2, 0) is 9.53 Å². The number of hydrogen-bond acceptors (Lipinski definition) is 7. The van der Waals surface area contributed by atoms with E-state index in [9.17, 15) is 9.59 Å². The molecule has 8 heteroatoms. The number of fused-ring (bicyclic) bond motifs is 1. The van der Waals surface area contributed by atoms with Crippen LogP contribution in [-0.4, -0.2) is 30.9 Å². The minimum atomic E-state index is -0.714. The van der Waals surface area contributed by atoms with E-state index in [1.165, 1.54) is 11.3 Å². The van der Waals surface area contributed by atoms with Crippen LogP contribution in [0.25, 0.3) is 6.08 Å². The van der Waals surface area contributed by atoms with Crippen molar-refractivity contribution < 1.29 is 19.0 Å². The van der Waals surface area contributed by atoms with E-state index in [4.69, 9.17) is 14.2 Å². The first-order valence-corrected chi connectivity index (χ1v) is 12.4. The van der Waals surface area contributed by atoms with Gasteiger partial charge in [-0.15, -0.1) is 0 Å². The predicted molar refractivity (Wildman–Crippen MR) is 136 cm³/mol. The third-order valence-corrected chi connectivity index (χ3v) is 6.58. The maximum absolute atomic E-state index is 13.7. The van der Waals surface area contributed by atoms with E-state index in [2.05, 4.69) is 11.9 Å². The molecule has 0 bridgehead atoms. The Morgan fingerprint density at radius 2 is 1.89 bits per heavy atom. The third-order valence-electron chi connectivity index (χ3n) is 5.60. The zero-order chi connectivity index (χ0) is 24.9. The van der Waals surface area contributed by atoms with E-state index in [0.717, 1.165) is 17.7 Å². The fraction of sp³-hybridized carbons (Fsp3) is 0.296. The van der Waals surface area contributed by atoms with Crippen LogP contribution < -0.4 is 24.4 Å². The second-order valence-electron chi connectivity index (χ2n) is 7.96. The Bertz CT molecular complexity index is 1430. The van der Waals surface area contributed by atoms with E-state index in [1.807, 2.05) is 54.6 Å². The van der Waals surface area contributed by atoms with Gasteiger partial charge in [-0.3, -0.25) is 9.36 Å². The van der Waals surface area contributed by atoms with Crippen molar-refractivity contribution in [2.75, 3.05) is 20.3 Å². The molecule has 2 heterocycles. The van der Waals surface area contributed by atoms with Gasteiger partial charge < -0.3 is 14.2 Å². The molecule has 0 aliphatic carbocycles. The summed E-state index contributed by atoms with van der Waals surface area (Å²) >= 11 is 1.29. The molecule has 3 aromatic rings.